The second-order valence-electron chi connectivity index (χ2n) is 5.02. The van der Waals surface area contributed by atoms with Crippen LogP contribution in [0, 0.1) is 0 Å². The summed E-state index contributed by atoms with van der Waals surface area (Å²) in [5.74, 6) is 0.0562. The van der Waals surface area contributed by atoms with Gasteiger partial charge >= 0.3 is 0 Å². The van der Waals surface area contributed by atoms with E-state index in [1.165, 1.54) is 0 Å². The number of carbonyl (C=O) groups is 1. The number of aromatic nitrogens is 1. The van der Waals surface area contributed by atoms with Gasteiger partial charge in [-0.25, -0.2) is 0 Å². The van der Waals surface area contributed by atoms with Crippen molar-refractivity contribution < 1.29 is 4.79 Å². The maximum Gasteiger partial charge on any atom is 0.221 e. The van der Waals surface area contributed by atoms with Gasteiger partial charge in [-0.2, -0.15) is 0 Å². The number of benzene rings is 1. The zero-order chi connectivity index (χ0) is 15.6. The molecule has 0 saturated carbocycles. The van der Waals surface area contributed by atoms with E-state index in [0.29, 0.717) is 19.5 Å². The first kappa shape index (κ1) is 16.5. The number of nitrogens with one attached hydrogen (secondary N) is 2. The molecule has 0 unspecified atom stereocenters. The number of hydrogen-bond acceptors (Lipinski definition) is 3. The number of carbonyl (C=O) groups excluding carboxylic acids is 1. The minimum atomic E-state index is 0.0562. The van der Waals surface area contributed by atoms with Gasteiger partial charge in [0.25, 0.3) is 0 Å². The van der Waals surface area contributed by atoms with E-state index in [1.54, 1.807) is 6.20 Å². The number of rotatable bonds is 8. The first-order valence-corrected chi connectivity index (χ1v) is 7.72. The van der Waals surface area contributed by atoms with Gasteiger partial charge in [0.15, 0.2) is 0 Å². The van der Waals surface area contributed by atoms with E-state index in [-0.39, 0.29) is 5.91 Å². The van der Waals surface area contributed by atoms with E-state index in [0.717, 1.165) is 29.1 Å². The minimum absolute atomic E-state index is 0.0562. The molecule has 1 heterocycles. The molecule has 4 nitrogen and oxygen atoms in total. The Labute approximate surface area is 135 Å². The average molecular weight is 318 g/mol. The lowest BCUT2D eigenvalue weighted by Crippen LogP contribution is -2.29. The highest BCUT2D eigenvalue weighted by Crippen LogP contribution is 2.10. The fraction of sp³-hybridized carbons (Fsp3) is 0.294. The first-order valence-electron chi connectivity index (χ1n) is 7.35. The average Bonchev–Trinajstić information content (AvgIpc) is 2.53. The summed E-state index contributed by atoms with van der Waals surface area (Å²) in [6, 6.07) is 11.6. The molecule has 2 aromatic rings. The van der Waals surface area contributed by atoms with Crippen molar-refractivity contribution in [3.63, 3.8) is 0 Å². The third kappa shape index (κ3) is 6.24. The minimum Gasteiger partial charge on any atom is -0.356 e. The SMILES string of the molecule is O=C(CCNCc1cccnc1)NCCc1cccc(Cl)c1. The van der Waals surface area contributed by atoms with Gasteiger partial charge in [-0.1, -0.05) is 29.8 Å². The molecule has 2 rings (SSSR count). The highest BCUT2D eigenvalue weighted by atomic mass is 35.5. The predicted octanol–water partition coefficient (Wildman–Crippen LogP) is 2.57. The molecule has 0 spiro atoms. The molecular weight excluding hydrogens is 298 g/mol. The topological polar surface area (TPSA) is 54.0 Å². The van der Waals surface area contributed by atoms with Crippen molar-refractivity contribution in [2.45, 2.75) is 19.4 Å². The van der Waals surface area contributed by atoms with Gasteiger partial charge in [0.05, 0.1) is 0 Å². The third-order valence-electron chi connectivity index (χ3n) is 3.21. The molecular formula is C17H20ClN3O. The van der Waals surface area contributed by atoms with E-state index in [1.807, 2.05) is 42.6 Å². The number of nitrogens with zero attached hydrogens (tertiary/aromatic N) is 1. The molecule has 0 aliphatic heterocycles. The van der Waals surface area contributed by atoms with Gasteiger partial charge in [-0.3, -0.25) is 9.78 Å². The first-order chi connectivity index (χ1) is 10.7. The van der Waals surface area contributed by atoms with Crippen LogP contribution in [0.4, 0.5) is 0 Å². The van der Waals surface area contributed by atoms with Crippen molar-refractivity contribution in [2.24, 2.45) is 0 Å². The van der Waals surface area contributed by atoms with Crippen LogP contribution >= 0.6 is 11.6 Å². The molecule has 5 heteroatoms. The molecule has 0 atom stereocenters. The molecule has 0 fully saturated rings. The second kappa shape index (κ2) is 9.18. The van der Waals surface area contributed by atoms with E-state index in [4.69, 9.17) is 11.6 Å². The van der Waals surface area contributed by atoms with Crippen LogP contribution in [0.3, 0.4) is 0 Å². The van der Waals surface area contributed by atoms with Crippen LogP contribution in [0.15, 0.2) is 48.8 Å². The Bertz CT molecular complexity index is 589. The zero-order valence-corrected chi connectivity index (χ0v) is 13.1. The molecule has 0 saturated heterocycles. The van der Waals surface area contributed by atoms with Gasteiger partial charge in [0.2, 0.25) is 5.91 Å². The monoisotopic (exact) mass is 317 g/mol. The van der Waals surface area contributed by atoms with Crippen LogP contribution in [0.5, 0.6) is 0 Å². The van der Waals surface area contributed by atoms with Crippen LogP contribution in [-0.2, 0) is 17.8 Å². The fourth-order valence-electron chi connectivity index (χ4n) is 2.06. The van der Waals surface area contributed by atoms with Crippen molar-refractivity contribution >= 4 is 17.5 Å². The van der Waals surface area contributed by atoms with Crippen molar-refractivity contribution in [1.29, 1.82) is 0 Å². The lowest BCUT2D eigenvalue weighted by molar-refractivity contribution is -0.120. The molecule has 22 heavy (non-hydrogen) atoms. The van der Waals surface area contributed by atoms with Crippen molar-refractivity contribution in [3.05, 3.63) is 64.9 Å². The van der Waals surface area contributed by atoms with Gasteiger partial charge in [-0.15, -0.1) is 0 Å². The summed E-state index contributed by atoms with van der Waals surface area (Å²) in [7, 11) is 0. The second-order valence-corrected chi connectivity index (χ2v) is 5.45. The molecule has 0 aliphatic carbocycles. The smallest absolute Gasteiger partial charge is 0.221 e. The number of amides is 1. The molecule has 0 radical (unpaired) electrons. The Hall–Kier alpha value is -1.91. The van der Waals surface area contributed by atoms with Gasteiger partial charge in [-0.05, 0) is 35.7 Å². The van der Waals surface area contributed by atoms with E-state index in [2.05, 4.69) is 15.6 Å². The normalized spacial score (nSPS) is 10.4. The summed E-state index contributed by atoms with van der Waals surface area (Å²) in [6.45, 7) is 2.00. The maximum atomic E-state index is 11.7. The van der Waals surface area contributed by atoms with Crippen molar-refractivity contribution in [1.82, 2.24) is 15.6 Å². The standard InChI is InChI=1S/C17H20ClN3O/c18-16-5-1-3-14(11-16)6-10-21-17(22)7-9-20-13-15-4-2-8-19-12-15/h1-5,8,11-12,20H,6-7,9-10,13H2,(H,21,22). The van der Waals surface area contributed by atoms with Crippen LogP contribution < -0.4 is 10.6 Å². The predicted molar refractivity (Wildman–Crippen MR) is 88.7 cm³/mol. The summed E-state index contributed by atoms with van der Waals surface area (Å²) < 4.78 is 0. The lowest BCUT2D eigenvalue weighted by atomic mass is 10.1. The summed E-state index contributed by atoms with van der Waals surface area (Å²) in [5, 5.41) is 6.87. The molecule has 1 amide bonds. The van der Waals surface area contributed by atoms with Crippen molar-refractivity contribution in [2.75, 3.05) is 13.1 Å². The van der Waals surface area contributed by atoms with Crippen LogP contribution in [0.25, 0.3) is 0 Å². The van der Waals surface area contributed by atoms with E-state index in [9.17, 15) is 4.79 Å². The molecule has 2 N–H and O–H groups in total. The fourth-order valence-corrected chi connectivity index (χ4v) is 2.28. The van der Waals surface area contributed by atoms with Crippen molar-refractivity contribution in [3.8, 4) is 0 Å². The zero-order valence-electron chi connectivity index (χ0n) is 12.4. The lowest BCUT2D eigenvalue weighted by Gasteiger charge is -2.07. The summed E-state index contributed by atoms with van der Waals surface area (Å²) >= 11 is 5.92. The van der Waals surface area contributed by atoms with Gasteiger partial charge in [0, 0.05) is 43.5 Å². The van der Waals surface area contributed by atoms with Gasteiger partial charge in [0.1, 0.15) is 0 Å². The number of halogens is 1. The van der Waals surface area contributed by atoms with E-state index < -0.39 is 0 Å². The van der Waals surface area contributed by atoms with Crippen LogP contribution in [0.1, 0.15) is 17.5 Å². The summed E-state index contributed by atoms with van der Waals surface area (Å²) in [4.78, 5) is 15.8. The van der Waals surface area contributed by atoms with Crippen LogP contribution in [-0.4, -0.2) is 24.0 Å². The number of pyridine rings is 1. The Morgan fingerprint density at radius 2 is 2.00 bits per heavy atom. The highest BCUT2D eigenvalue weighted by Gasteiger charge is 2.01. The Balaban J connectivity index is 1.56. The number of hydrogen-bond donors (Lipinski definition) is 2. The Morgan fingerprint density at radius 1 is 1.14 bits per heavy atom. The Kier molecular flexibility index (Phi) is 6.87. The summed E-state index contributed by atoms with van der Waals surface area (Å²) in [6.07, 6.45) is 4.82. The van der Waals surface area contributed by atoms with Gasteiger partial charge < -0.3 is 10.6 Å². The Morgan fingerprint density at radius 3 is 2.77 bits per heavy atom. The third-order valence-corrected chi connectivity index (χ3v) is 3.44. The molecule has 116 valence electrons. The molecule has 1 aromatic carbocycles. The molecule has 1 aromatic heterocycles. The molecule has 0 bridgehead atoms. The van der Waals surface area contributed by atoms with E-state index >= 15 is 0 Å². The quantitative estimate of drug-likeness (QED) is 0.736. The maximum absolute atomic E-state index is 11.7. The van der Waals surface area contributed by atoms with Crippen LogP contribution in [0.2, 0.25) is 5.02 Å². The summed E-state index contributed by atoms with van der Waals surface area (Å²) in [5.41, 5.74) is 2.24. The largest absolute Gasteiger partial charge is 0.356 e. The molecule has 0 aliphatic rings. The highest BCUT2D eigenvalue weighted by molar-refractivity contribution is 6.30.